The topological polar surface area (TPSA) is 46.5 Å². The summed E-state index contributed by atoms with van der Waals surface area (Å²) in [7, 11) is 0. The molecule has 0 amide bonds. The second kappa shape index (κ2) is 4.93. The zero-order valence-corrected chi connectivity index (χ0v) is 7.56. The van der Waals surface area contributed by atoms with Crippen molar-refractivity contribution in [3.8, 4) is 18.1 Å². The molecular weight excluding hydrogens is 180 g/mol. The molecule has 1 N–H and O–H groups in total. The van der Waals surface area contributed by atoms with Gasteiger partial charge in [-0.15, -0.1) is 6.42 Å². The number of carbonyl (C=O) groups is 1. The van der Waals surface area contributed by atoms with Crippen LogP contribution in [-0.2, 0) is 11.2 Å². The minimum Gasteiger partial charge on any atom is -0.481 e. The van der Waals surface area contributed by atoms with Gasteiger partial charge in [-0.3, -0.25) is 4.79 Å². The van der Waals surface area contributed by atoms with Crippen molar-refractivity contribution in [1.29, 1.82) is 0 Å². The van der Waals surface area contributed by atoms with Crippen LogP contribution in [0.25, 0.3) is 0 Å². The minimum atomic E-state index is -0.862. The molecule has 72 valence electrons. The van der Waals surface area contributed by atoms with Crippen molar-refractivity contribution in [3.63, 3.8) is 0 Å². The van der Waals surface area contributed by atoms with E-state index in [2.05, 4.69) is 5.92 Å². The maximum absolute atomic E-state index is 10.4. The van der Waals surface area contributed by atoms with Crippen LogP contribution in [0, 0.1) is 12.3 Å². The zero-order chi connectivity index (χ0) is 10.4. The van der Waals surface area contributed by atoms with Crippen molar-refractivity contribution < 1.29 is 14.6 Å². The van der Waals surface area contributed by atoms with Crippen molar-refractivity contribution >= 4 is 5.97 Å². The fourth-order valence-electron chi connectivity index (χ4n) is 1.04. The quantitative estimate of drug-likeness (QED) is 0.728. The summed E-state index contributed by atoms with van der Waals surface area (Å²) in [5.74, 6) is 2.07. The molecule has 0 radical (unpaired) electrons. The first kappa shape index (κ1) is 10.1. The van der Waals surface area contributed by atoms with Gasteiger partial charge in [-0.25, -0.2) is 0 Å². The van der Waals surface area contributed by atoms with Crippen molar-refractivity contribution in [2.24, 2.45) is 0 Å². The average Bonchev–Trinajstić information content (AvgIpc) is 2.14. The molecule has 3 heteroatoms. The summed E-state index contributed by atoms with van der Waals surface area (Å²) in [6.07, 6.45) is 5.02. The third kappa shape index (κ3) is 3.20. The van der Waals surface area contributed by atoms with Gasteiger partial charge in [0.05, 0.1) is 6.42 Å². The Morgan fingerprint density at radius 1 is 1.57 bits per heavy atom. The fraction of sp³-hybridized carbons (Fsp3) is 0.182. The third-order valence-corrected chi connectivity index (χ3v) is 1.58. The Bertz CT molecular complexity index is 363. The number of aliphatic carboxylic acids is 1. The molecule has 3 nitrogen and oxygen atoms in total. The van der Waals surface area contributed by atoms with Gasteiger partial charge in [0.1, 0.15) is 12.4 Å². The van der Waals surface area contributed by atoms with E-state index in [4.69, 9.17) is 16.3 Å². The summed E-state index contributed by atoms with van der Waals surface area (Å²) in [4.78, 5) is 10.4. The van der Waals surface area contributed by atoms with Crippen molar-refractivity contribution in [2.45, 2.75) is 6.42 Å². The highest BCUT2D eigenvalue weighted by atomic mass is 16.5. The van der Waals surface area contributed by atoms with Gasteiger partial charge in [-0.1, -0.05) is 18.1 Å². The molecule has 14 heavy (non-hydrogen) atoms. The molecule has 1 rings (SSSR count). The van der Waals surface area contributed by atoms with Gasteiger partial charge in [0.25, 0.3) is 0 Å². The van der Waals surface area contributed by atoms with Crippen LogP contribution in [0.5, 0.6) is 5.75 Å². The smallest absolute Gasteiger partial charge is 0.307 e. The SMILES string of the molecule is C#CCOc1cccc(CC(=O)O)c1. The van der Waals surface area contributed by atoms with E-state index in [0.717, 1.165) is 0 Å². The van der Waals surface area contributed by atoms with E-state index in [1.807, 2.05) is 0 Å². The second-order valence-corrected chi connectivity index (χ2v) is 2.71. The molecule has 0 spiro atoms. The van der Waals surface area contributed by atoms with Crippen molar-refractivity contribution in [3.05, 3.63) is 29.8 Å². The molecule has 0 heterocycles. The highest BCUT2D eigenvalue weighted by Gasteiger charge is 2.01. The lowest BCUT2D eigenvalue weighted by molar-refractivity contribution is -0.136. The van der Waals surface area contributed by atoms with Crippen LogP contribution < -0.4 is 4.74 Å². The Morgan fingerprint density at radius 3 is 3.00 bits per heavy atom. The summed E-state index contributed by atoms with van der Waals surface area (Å²) in [6.45, 7) is 0.191. The predicted molar refractivity (Wildman–Crippen MR) is 52.1 cm³/mol. The maximum Gasteiger partial charge on any atom is 0.307 e. The molecule has 0 aromatic heterocycles. The molecule has 0 atom stereocenters. The lowest BCUT2D eigenvalue weighted by Crippen LogP contribution is -2.00. The summed E-state index contributed by atoms with van der Waals surface area (Å²) >= 11 is 0. The largest absolute Gasteiger partial charge is 0.481 e. The molecule has 0 bridgehead atoms. The molecular formula is C11H10O3. The standard InChI is InChI=1S/C11H10O3/c1-2-6-14-10-5-3-4-9(7-10)8-11(12)13/h1,3-5,7H,6,8H2,(H,12,13). The van der Waals surface area contributed by atoms with Crippen LogP contribution in [0.3, 0.4) is 0 Å². The normalized spacial score (nSPS) is 9.07. The molecule has 0 fully saturated rings. The lowest BCUT2D eigenvalue weighted by Gasteiger charge is -2.03. The lowest BCUT2D eigenvalue weighted by atomic mass is 10.1. The number of ether oxygens (including phenoxy) is 1. The van der Waals surface area contributed by atoms with Crippen LogP contribution in [-0.4, -0.2) is 17.7 Å². The molecule has 0 aliphatic carbocycles. The van der Waals surface area contributed by atoms with Crippen LogP contribution in [0.15, 0.2) is 24.3 Å². The van der Waals surface area contributed by atoms with Crippen molar-refractivity contribution in [1.82, 2.24) is 0 Å². The first-order valence-electron chi connectivity index (χ1n) is 4.09. The summed E-state index contributed by atoms with van der Waals surface area (Å²) in [5, 5.41) is 8.56. The van der Waals surface area contributed by atoms with Gasteiger partial charge in [-0.2, -0.15) is 0 Å². The molecule has 1 aromatic rings. The number of carboxylic acids is 1. The van der Waals surface area contributed by atoms with Gasteiger partial charge in [-0.05, 0) is 17.7 Å². The highest BCUT2D eigenvalue weighted by molar-refractivity contribution is 5.70. The predicted octanol–water partition coefficient (Wildman–Crippen LogP) is 1.33. The molecule has 0 aliphatic heterocycles. The fourth-order valence-corrected chi connectivity index (χ4v) is 1.04. The first-order chi connectivity index (χ1) is 6.72. The van der Waals surface area contributed by atoms with Crippen molar-refractivity contribution in [2.75, 3.05) is 6.61 Å². The van der Waals surface area contributed by atoms with Crippen LogP contribution in [0.2, 0.25) is 0 Å². The number of carboxylic acid groups (broad SMARTS) is 1. The van der Waals surface area contributed by atoms with E-state index in [1.54, 1.807) is 24.3 Å². The summed E-state index contributed by atoms with van der Waals surface area (Å²) in [6, 6.07) is 6.88. The summed E-state index contributed by atoms with van der Waals surface area (Å²) in [5.41, 5.74) is 0.701. The maximum atomic E-state index is 10.4. The summed E-state index contributed by atoms with van der Waals surface area (Å²) < 4.78 is 5.15. The highest BCUT2D eigenvalue weighted by Crippen LogP contribution is 2.13. The molecule has 0 saturated heterocycles. The third-order valence-electron chi connectivity index (χ3n) is 1.58. The number of hydrogen-bond acceptors (Lipinski definition) is 2. The Kier molecular flexibility index (Phi) is 3.57. The number of rotatable bonds is 4. The van der Waals surface area contributed by atoms with E-state index in [1.165, 1.54) is 0 Å². The molecule has 1 aromatic carbocycles. The van der Waals surface area contributed by atoms with E-state index in [-0.39, 0.29) is 13.0 Å². The van der Waals surface area contributed by atoms with E-state index in [9.17, 15) is 4.79 Å². The number of hydrogen-bond donors (Lipinski definition) is 1. The van der Waals surface area contributed by atoms with Crippen LogP contribution in [0.4, 0.5) is 0 Å². The Morgan fingerprint density at radius 2 is 2.36 bits per heavy atom. The molecule has 0 aliphatic rings. The van der Waals surface area contributed by atoms with E-state index < -0.39 is 5.97 Å². The average molecular weight is 190 g/mol. The minimum absolute atomic E-state index is 0.00669. The zero-order valence-electron chi connectivity index (χ0n) is 7.56. The van der Waals surface area contributed by atoms with Gasteiger partial charge in [0.2, 0.25) is 0 Å². The number of terminal acetylenes is 1. The Labute approximate surface area is 82.3 Å². The second-order valence-electron chi connectivity index (χ2n) is 2.71. The molecule has 0 unspecified atom stereocenters. The van der Waals surface area contributed by atoms with Gasteiger partial charge in [0.15, 0.2) is 0 Å². The number of benzene rings is 1. The van der Waals surface area contributed by atoms with Gasteiger partial charge >= 0.3 is 5.97 Å². The van der Waals surface area contributed by atoms with Gasteiger partial charge < -0.3 is 9.84 Å². The van der Waals surface area contributed by atoms with Crippen LogP contribution >= 0.6 is 0 Å². The van der Waals surface area contributed by atoms with E-state index >= 15 is 0 Å². The van der Waals surface area contributed by atoms with E-state index in [0.29, 0.717) is 11.3 Å². The van der Waals surface area contributed by atoms with Crippen LogP contribution in [0.1, 0.15) is 5.56 Å². The Balaban J connectivity index is 2.69. The van der Waals surface area contributed by atoms with Gasteiger partial charge in [0, 0.05) is 0 Å². The Hall–Kier alpha value is -1.95. The first-order valence-corrected chi connectivity index (χ1v) is 4.09. The molecule has 0 saturated carbocycles. The monoisotopic (exact) mass is 190 g/mol.